The number of furan rings is 1. The SMILES string of the molecule is CC[C@@H](C)C(=O)N(CC(=O)N(Cc1ccc(F)cc1)Cc1ccc(C)o1)C1CC1. The molecule has 0 saturated heterocycles. The Morgan fingerprint density at radius 3 is 2.38 bits per heavy atom. The van der Waals surface area contributed by atoms with Gasteiger partial charge in [0, 0.05) is 18.5 Å². The van der Waals surface area contributed by atoms with E-state index in [1.165, 1.54) is 12.1 Å². The predicted molar refractivity (Wildman–Crippen MR) is 108 cm³/mol. The van der Waals surface area contributed by atoms with E-state index in [2.05, 4.69) is 0 Å². The fourth-order valence-corrected chi connectivity index (χ4v) is 3.28. The Kier molecular flexibility index (Phi) is 6.72. The van der Waals surface area contributed by atoms with Crippen LogP contribution in [0.3, 0.4) is 0 Å². The summed E-state index contributed by atoms with van der Waals surface area (Å²) in [6.07, 6.45) is 2.65. The van der Waals surface area contributed by atoms with Crippen LogP contribution in [-0.2, 0) is 22.7 Å². The highest BCUT2D eigenvalue weighted by atomic mass is 19.1. The van der Waals surface area contributed by atoms with E-state index in [9.17, 15) is 14.0 Å². The van der Waals surface area contributed by atoms with E-state index in [0.29, 0.717) is 18.8 Å². The highest BCUT2D eigenvalue weighted by molar-refractivity contribution is 5.86. The molecule has 1 fully saturated rings. The van der Waals surface area contributed by atoms with Gasteiger partial charge in [-0.25, -0.2) is 4.39 Å². The molecule has 2 aromatic rings. The number of amides is 2. The van der Waals surface area contributed by atoms with Gasteiger partial charge in [-0.2, -0.15) is 0 Å². The Labute approximate surface area is 171 Å². The first-order chi connectivity index (χ1) is 13.9. The molecule has 156 valence electrons. The molecule has 1 aromatic heterocycles. The first kappa shape index (κ1) is 21.1. The number of hydrogen-bond donors (Lipinski definition) is 0. The second-order valence-electron chi connectivity index (χ2n) is 7.90. The summed E-state index contributed by atoms with van der Waals surface area (Å²) in [6, 6.07) is 10.00. The molecule has 5 nitrogen and oxygen atoms in total. The van der Waals surface area contributed by atoms with Gasteiger partial charge in [-0.1, -0.05) is 26.0 Å². The minimum atomic E-state index is -0.313. The normalized spacial score (nSPS) is 14.5. The predicted octanol–water partition coefficient (Wildman–Crippen LogP) is 4.29. The number of carbonyl (C=O) groups is 2. The van der Waals surface area contributed by atoms with Gasteiger partial charge in [0.25, 0.3) is 0 Å². The van der Waals surface area contributed by atoms with E-state index in [4.69, 9.17) is 4.42 Å². The average molecular weight is 400 g/mol. The maximum absolute atomic E-state index is 13.3. The molecule has 1 atom stereocenters. The average Bonchev–Trinajstić information content (AvgIpc) is 3.47. The van der Waals surface area contributed by atoms with Gasteiger partial charge in [0.1, 0.15) is 23.9 Å². The van der Waals surface area contributed by atoms with Gasteiger partial charge in [0.05, 0.1) is 6.54 Å². The zero-order valence-electron chi connectivity index (χ0n) is 17.4. The lowest BCUT2D eigenvalue weighted by molar-refractivity contribution is -0.144. The lowest BCUT2D eigenvalue weighted by atomic mass is 10.1. The van der Waals surface area contributed by atoms with E-state index in [1.54, 1.807) is 21.9 Å². The zero-order valence-corrected chi connectivity index (χ0v) is 17.4. The van der Waals surface area contributed by atoms with Crippen LogP contribution in [0.25, 0.3) is 0 Å². The molecule has 1 heterocycles. The summed E-state index contributed by atoms with van der Waals surface area (Å²) in [7, 11) is 0. The van der Waals surface area contributed by atoms with Crippen molar-refractivity contribution in [2.75, 3.05) is 6.54 Å². The smallest absolute Gasteiger partial charge is 0.242 e. The van der Waals surface area contributed by atoms with E-state index in [0.717, 1.165) is 30.6 Å². The molecular weight excluding hydrogens is 371 g/mol. The molecule has 0 radical (unpaired) electrons. The number of carbonyl (C=O) groups excluding carboxylic acids is 2. The van der Waals surface area contributed by atoms with Gasteiger partial charge in [0.2, 0.25) is 11.8 Å². The van der Waals surface area contributed by atoms with Gasteiger partial charge in [-0.15, -0.1) is 0 Å². The van der Waals surface area contributed by atoms with Crippen molar-refractivity contribution >= 4 is 11.8 Å². The van der Waals surface area contributed by atoms with Crippen molar-refractivity contribution in [3.63, 3.8) is 0 Å². The van der Waals surface area contributed by atoms with Crippen molar-refractivity contribution in [2.24, 2.45) is 5.92 Å². The Hall–Kier alpha value is -2.63. The van der Waals surface area contributed by atoms with Gasteiger partial charge < -0.3 is 14.2 Å². The number of aryl methyl sites for hydroxylation is 1. The molecule has 2 amide bonds. The van der Waals surface area contributed by atoms with Gasteiger partial charge in [-0.3, -0.25) is 9.59 Å². The molecule has 6 heteroatoms. The second-order valence-corrected chi connectivity index (χ2v) is 7.90. The molecule has 1 aliphatic rings. The summed E-state index contributed by atoms with van der Waals surface area (Å²) in [5.74, 6) is 0.963. The summed E-state index contributed by atoms with van der Waals surface area (Å²) >= 11 is 0. The molecule has 0 bridgehead atoms. The Morgan fingerprint density at radius 2 is 1.83 bits per heavy atom. The number of hydrogen-bond acceptors (Lipinski definition) is 3. The minimum Gasteiger partial charge on any atom is -0.464 e. The topological polar surface area (TPSA) is 53.8 Å². The molecule has 1 aliphatic carbocycles. The maximum atomic E-state index is 13.3. The number of benzene rings is 1. The van der Waals surface area contributed by atoms with Crippen molar-refractivity contribution in [1.29, 1.82) is 0 Å². The van der Waals surface area contributed by atoms with Crippen LogP contribution in [0.5, 0.6) is 0 Å². The van der Waals surface area contributed by atoms with Crippen molar-refractivity contribution in [2.45, 2.75) is 59.2 Å². The van der Waals surface area contributed by atoms with E-state index < -0.39 is 0 Å². The number of rotatable bonds is 9. The quantitative estimate of drug-likeness (QED) is 0.631. The van der Waals surface area contributed by atoms with Crippen LogP contribution in [0.2, 0.25) is 0 Å². The van der Waals surface area contributed by atoms with Crippen LogP contribution in [0, 0.1) is 18.7 Å². The van der Waals surface area contributed by atoms with Crippen LogP contribution in [0.1, 0.15) is 50.2 Å². The zero-order chi connectivity index (χ0) is 21.0. The summed E-state index contributed by atoms with van der Waals surface area (Å²) in [5.41, 5.74) is 0.828. The first-order valence-corrected chi connectivity index (χ1v) is 10.3. The van der Waals surface area contributed by atoms with E-state index in [-0.39, 0.29) is 36.1 Å². The van der Waals surface area contributed by atoms with Gasteiger partial charge >= 0.3 is 0 Å². The standard InChI is InChI=1S/C23H29FN2O3/c1-4-16(2)23(28)26(20-10-11-20)15-22(27)25(14-21-12-5-17(3)29-21)13-18-6-8-19(24)9-7-18/h5-9,12,16,20H,4,10-11,13-15H2,1-3H3/t16-/m1/s1. The van der Waals surface area contributed by atoms with Crippen molar-refractivity contribution in [3.05, 3.63) is 59.3 Å². The number of nitrogens with zero attached hydrogens (tertiary/aromatic N) is 2. The van der Waals surface area contributed by atoms with Crippen LogP contribution in [-0.4, -0.2) is 34.2 Å². The molecule has 3 rings (SSSR count). The van der Waals surface area contributed by atoms with Crippen molar-refractivity contribution in [1.82, 2.24) is 9.80 Å². The second kappa shape index (κ2) is 9.25. The molecule has 0 aliphatic heterocycles. The third-order valence-electron chi connectivity index (χ3n) is 5.39. The number of halogens is 1. The highest BCUT2D eigenvalue weighted by Gasteiger charge is 2.36. The highest BCUT2D eigenvalue weighted by Crippen LogP contribution is 2.29. The molecule has 29 heavy (non-hydrogen) atoms. The van der Waals surface area contributed by atoms with E-state index >= 15 is 0 Å². The largest absolute Gasteiger partial charge is 0.464 e. The summed E-state index contributed by atoms with van der Waals surface area (Å²) in [6.45, 7) is 6.44. The Morgan fingerprint density at radius 1 is 1.14 bits per heavy atom. The third kappa shape index (κ3) is 5.68. The first-order valence-electron chi connectivity index (χ1n) is 10.3. The minimum absolute atomic E-state index is 0.0407. The van der Waals surface area contributed by atoms with E-state index in [1.807, 2.05) is 32.9 Å². The molecule has 0 unspecified atom stereocenters. The summed E-state index contributed by atoms with van der Waals surface area (Å²) < 4.78 is 18.9. The maximum Gasteiger partial charge on any atom is 0.242 e. The summed E-state index contributed by atoms with van der Waals surface area (Å²) in [5, 5.41) is 0. The molecule has 0 spiro atoms. The lowest BCUT2D eigenvalue weighted by Crippen LogP contribution is -2.45. The summed E-state index contributed by atoms with van der Waals surface area (Å²) in [4.78, 5) is 29.4. The fourth-order valence-electron chi connectivity index (χ4n) is 3.28. The van der Waals surface area contributed by atoms with Crippen LogP contribution >= 0.6 is 0 Å². The van der Waals surface area contributed by atoms with Gasteiger partial charge in [-0.05, 0) is 56.0 Å². The van der Waals surface area contributed by atoms with Crippen LogP contribution in [0.15, 0.2) is 40.8 Å². The lowest BCUT2D eigenvalue weighted by Gasteiger charge is -2.29. The molecular formula is C23H29FN2O3. The van der Waals surface area contributed by atoms with Crippen LogP contribution < -0.4 is 0 Å². The Bertz CT molecular complexity index is 842. The fraction of sp³-hybridized carbons (Fsp3) is 0.478. The Balaban J connectivity index is 1.76. The molecule has 1 aromatic carbocycles. The van der Waals surface area contributed by atoms with Gasteiger partial charge in [0.15, 0.2) is 0 Å². The molecule has 0 N–H and O–H groups in total. The van der Waals surface area contributed by atoms with Crippen molar-refractivity contribution < 1.29 is 18.4 Å². The van der Waals surface area contributed by atoms with Crippen molar-refractivity contribution in [3.8, 4) is 0 Å². The third-order valence-corrected chi connectivity index (χ3v) is 5.39. The van der Waals surface area contributed by atoms with Crippen LogP contribution in [0.4, 0.5) is 4.39 Å². The monoisotopic (exact) mass is 400 g/mol. The molecule has 1 saturated carbocycles.